The van der Waals surface area contributed by atoms with Crippen molar-refractivity contribution >= 4 is 59.8 Å². The van der Waals surface area contributed by atoms with Gasteiger partial charge in [0.15, 0.2) is 0 Å². The van der Waals surface area contributed by atoms with E-state index in [1.54, 1.807) is 24.5 Å². The Morgan fingerprint density at radius 2 is 1.93 bits per heavy atom. The highest BCUT2D eigenvalue weighted by molar-refractivity contribution is 7.23. The van der Waals surface area contributed by atoms with E-state index in [-0.39, 0.29) is 11.6 Å². The molecule has 0 bridgehead atoms. The predicted octanol–water partition coefficient (Wildman–Crippen LogP) is 4.74. The highest BCUT2D eigenvalue weighted by atomic mass is 32.1. The van der Waals surface area contributed by atoms with Gasteiger partial charge in [-0.3, -0.25) is 4.79 Å². The molecule has 1 fully saturated rings. The molecule has 28 heavy (non-hydrogen) atoms. The lowest BCUT2D eigenvalue weighted by Gasteiger charge is -2.13. The molecule has 0 saturated carbocycles. The second kappa shape index (κ2) is 8.31. The normalized spacial score (nSPS) is 14.7. The van der Waals surface area contributed by atoms with Crippen LogP contribution in [0.15, 0.2) is 30.0 Å². The van der Waals surface area contributed by atoms with Crippen LogP contribution in [0, 0.1) is 6.57 Å². The van der Waals surface area contributed by atoms with Crippen LogP contribution in [0.1, 0.15) is 17.7 Å². The smallest absolute Gasteiger partial charge is 0.251 e. The Morgan fingerprint density at radius 1 is 1.21 bits per heavy atom. The van der Waals surface area contributed by atoms with Gasteiger partial charge in [0.2, 0.25) is 5.91 Å². The molecular formula is C21H21N3O2S2. The van der Waals surface area contributed by atoms with Crippen molar-refractivity contribution in [3.63, 3.8) is 0 Å². The number of benzene rings is 1. The summed E-state index contributed by atoms with van der Waals surface area (Å²) >= 11 is 3.45. The van der Waals surface area contributed by atoms with E-state index in [9.17, 15) is 4.79 Å². The average molecular weight is 412 g/mol. The molecule has 1 aliphatic rings. The van der Waals surface area contributed by atoms with Crippen LogP contribution in [0.3, 0.4) is 0 Å². The third-order valence-electron chi connectivity index (χ3n) is 4.80. The lowest BCUT2D eigenvalue weighted by atomic mass is 10.2. The average Bonchev–Trinajstić information content (AvgIpc) is 3.42. The van der Waals surface area contributed by atoms with Crippen molar-refractivity contribution in [2.24, 2.45) is 0 Å². The lowest BCUT2D eigenvalue weighted by molar-refractivity contribution is -0.117. The first-order valence-electron chi connectivity index (χ1n) is 9.26. The molecule has 0 aliphatic carbocycles. The molecule has 0 spiro atoms. The predicted molar refractivity (Wildman–Crippen MR) is 118 cm³/mol. The second-order valence-electron chi connectivity index (χ2n) is 6.75. The fourth-order valence-corrected chi connectivity index (χ4v) is 5.56. The Balaban J connectivity index is 1.60. The highest BCUT2D eigenvalue weighted by Gasteiger charge is 2.16. The number of carbonyl (C=O) groups is 1. The molecule has 7 heteroatoms. The van der Waals surface area contributed by atoms with Crippen LogP contribution in [-0.4, -0.2) is 39.3 Å². The van der Waals surface area contributed by atoms with Gasteiger partial charge in [0, 0.05) is 41.0 Å². The topological polar surface area (TPSA) is 45.9 Å². The summed E-state index contributed by atoms with van der Waals surface area (Å²) in [7, 11) is 1.58. The lowest BCUT2D eigenvalue weighted by Crippen LogP contribution is -2.27. The van der Waals surface area contributed by atoms with Crippen LogP contribution in [0.25, 0.3) is 31.1 Å². The molecule has 0 unspecified atom stereocenters. The summed E-state index contributed by atoms with van der Waals surface area (Å²) in [6, 6.07) is 8.79. The fraction of sp³-hybridized carbons (Fsp3) is 0.333. The largest absolute Gasteiger partial charge is 0.383 e. The summed E-state index contributed by atoms with van der Waals surface area (Å²) < 4.78 is 7.38. The number of anilines is 1. The van der Waals surface area contributed by atoms with E-state index in [4.69, 9.17) is 11.3 Å². The third-order valence-corrected chi connectivity index (χ3v) is 7.01. The molecule has 1 saturated heterocycles. The fourth-order valence-electron chi connectivity index (χ4n) is 3.38. The maximum atomic E-state index is 12.1. The number of thiophene rings is 2. The third kappa shape index (κ3) is 3.90. The molecule has 0 radical (unpaired) electrons. The van der Waals surface area contributed by atoms with Gasteiger partial charge in [0.05, 0.1) is 18.2 Å². The first-order valence-corrected chi connectivity index (χ1v) is 10.9. The molecule has 1 aliphatic heterocycles. The van der Waals surface area contributed by atoms with E-state index in [0.29, 0.717) is 13.2 Å². The van der Waals surface area contributed by atoms with Gasteiger partial charge in [-0.2, -0.15) is 0 Å². The first kappa shape index (κ1) is 18.9. The molecule has 4 rings (SSSR count). The Labute approximate surface area is 172 Å². The number of fused-ring (bicyclic) bond motifs is 2. The van der Waals surface area contributed by atoms with Crippen molar-refractivity contribution in [1.29, 1.82) is 0 Å². The van der Waals surface area contributed by atoms with Gasteiger partial charge < -0.3 is 15.0 Å². The van der Waals surface area contributed by atoms with E-state index < -0.39 is 0 Å². The van der Waals surface area contributed by atoms with Gasteiger partial charge in [-0.25, -0.2) is 4.85 Å². The van der Waals surface area contributed by atoms with Gasteiger partial charge in [-0.1, -0.05) is 0 Å². The Morgan fingerprint density at radius 3 is 2.64 bits per heavy atom. The molecule has 1 aromatic carbocycles. The van der Waals surface area contributed by atoms with Gasteiger partial charge in [0.1, 0.15) is 0 Å². The maximum absolute atomic E-state index is 12.1. The molecule has 1 N–H and O–H groups in total. The molecule has 1 amide bonds. The molecule has 2 aromatic heterocycles. The minimum atomic E-state index is -0.360. The number of methoxy groups -OCH3 is 1. The number of nitrogens with zero attached hydrogens (tertiary/aromatic N) is 2. The number of amides is 1. The number of ether oxygens (including phenoxy) is 1. The number of carbonyl (C=O) groups excluding carboxylic acids is 1. The van der Waals surface area contributed by atoms with Crippen LogP contribution in [0.2, 0.25) is 0 Å². The van der Waals surface area contributed by atoms with Crippen molar-refractivity contribution in [3.05, 3.63) is 46.3 Å². The van der Waals surface area contributed by atoms with Gasteiger partial charge in [-0.05, 0) is 54.0 Å². The summed E-state index contributed by atoms with van der Waals surface area (Å²) in [6.45, 7) is 10.4. The van der Waals surface area contributed by atoms with Crippen LogP contribution in [0.4, 0.5) is 5.00 Å². The minimum Gasteiger partial charge on any atom is -0.383 e. The van der Waals surface area contributed by atoms with Gasteiger partial charge in [0.25, 0.3) is 5.70 Å². The van der Waals surface area contributed by atoms with Gasteiger partial charge >= 0.3 is 0 Å². The molecule has 144 valence electrons. The van der Waals surface area contributed by atoms with Gasteiger partial charge in [-0.15, -0.1) is 22.7 Å². The van der Waals surface area contributed by atoms with E-state index in [1.807, 2.05) is 11.3 Å². The van der Waals surface area contributed by atoms with E-state index in [0.717, 1.165) is 23.4 Å². The highest BCUT2D eigenvalue weighted by Crippen LogP contribution is 2.38. The second-order valence-corrected chi connectivity index (χ2v) is 8.92. The monoisotopic (exact) mass is 411 g/mol. The summed E-state index contributed by atoms with van der Waals surface area (Å²) in [5.74, 6) is -0.360. The van der Waals surface area contributed by atoms with Crippen LogP contribution in [-0.2, 0) is 9.53 Å². The molecule has 3 aromatic rings. The maximum Gasteiger partial charge on any atom is 0.251 e. The van der Waals surface area contributed by atoms with Crippen molar-refractivity contribution in [2.75, 3.05) is 38.3 Å². The van der Waals surface area contributed by atoms with Crippen molar-refractivity contribution in [1.82, 2.24) is 5.32 Å². The molecule has 3 heterocycles. The zero-order valence-electron chi connectivity index (χ0n) is 15.7. The van der Waals surface area contributed by atoms with Crippen molar-refractivity contribution < 1.29 is 9.53 Å². The molecular weight excluding hydrogens is 390 g/mol. The van der Waals surface area contributed by atoms with E-state index in [2.05, 4.69) is 39.3 Å². The SMILES string of the molecule is [C-]#[N+]/C(=C\c1cc2cc3sc(N4CCCC4)cc3cc2s1)C(=O)NCCOC. The molecule has 5 nitrogen and oxygen atoms in total. The van der Waals surface area contributed by atoms with Crippen LogP contribution < -0.4 is 10.2 Å². The van der Waals surface area contributed by atoms with Crippen LogP contribution in [0.5, 0.6) is 0 Å². The van der Waals surface area contributed by atoms with E-state index in [1.165, 1.54) is 32.6 Å². The number of rotatable bonds is 6. The zero-order valence-corrected chi connectivity index (χ0v) is 17.3. The van der Waals surface area contributed by atoms with E-state index >= 15 is 0 Å². The Hall–Kier alpha value is -2.40. The summed E-state index contributed by atoms with van der Waals surface area (Å²) in [5.41, 5.74) is 0.0980. The van der Waals surface area contributed by atoms with Crippen molar-refractivity contribution in [2.45, 2.75) is 12.8 Å². The quantitative estimate of drug-likeness (QED) is 0.362. The number of hydrogen-bond acceptors (Lipinski definition) is 5. The summed E-state index contributed by atoms with van der Waals surface area (Å²) in [6.07, 6.45) is 4.23. The Bertz CT molecular complexity index is 1030. The standard InChI is InChI=1S/C21H21N3O2S2/c1-22-17(21(25)23-5-8-26-2)13-16-9-14-10-19-15(11-18(14)27-16)12-20(28-19)24-6-3-4-7-24/h9-13H,3-8H2,2H3,(H,23,25)/b17-13-. The first-order chi connectivity index (χ1) is 13.7. The minimum absolute atomic E-state index is 0.0980. The Kier molecular flexibility index (Phi) is 5.62. The number of nitrogens with one attached hydrogen (secondary N) is 1. The van der Waals surface area contributed by atoms with Crippen LogP contribution >= 0.6 is 22.7 Å². The number of hydrogen-bond donors (Lipinski definition) is 1. The summed E-state index contributed by atoms with van der Waals surface area (Å²) in [4.78, 5) is 18.9. The van der Waals surface area contributed by atoms with Crippen molar-refractivity contribution in [3.8, 4) is 0 Å². The molecule has 0 atom stereocenters. The summed E-state index contributed by atoms with van der Waals surface area (Å²) in [5, 5.41) is 6.47. The zero-order chi connectivity index (χ0) is 19.5.